The number of carbonyl (C=O) groups excluding carboxylic acids is 2. The number of aromatic amines is 1. The van der Waals surface area contributed by atoms with E-state index in [0.29, 0.717) is 54.4 Å². The molecule has 10 heteroatoms. The van der Waals surface area contributed by atoms with Crippen LogP contribution in [0.15, 0.2) is 36.5 Å². The molecule has 0 bridgehead atoms. The quantitative estimate of drug-likeness (QED) is 0.398. The van der Waals surface area contributed by atoms with Gasteiger partial charge in [-0.05, 0) is 37.8 Å². The first-order chi connectivity index (χ1) is 15.8. The number of anilines is 1. The summed E-state index contributed by atoms with van der Waals surface area (Å²) in [7, 11) is 0. The standard InChI is InChI=1S/C23H26N4O6/c24-20(28)18-6-3-9-27(18)19(23(32)33)16-11-25-17-10-12(7-8-13(16)17)26-21(29)14-4-1-2-5-15(14)22(30)31/h1-2,7-8,10-11,14-15,18-19,25H,3-6,9H2,(H2,24,28)(H,26,29)(H,30,31)(H,32,33)/t14?,15?,18-,19?/m0/s1. The average molecular weight is 454 g/mol. The number of fused-ring (bicyclic) bond motifs is 1. The summed E-state index contributed by atoms with van der Waals surface area (Å²) in [5.41, 5.74) is 7.08. The Labute approximate surface area is 189 Å². The second-order valence-electron chi connectivity index (χ2n) is 8.53. The highest BCUT2D eigenvalue weighted by Crippen LogP contribution is 2.35. The number of hydrogen-bond acceptors (Lipinski definition) is 5. The molecule has 4 atom stereocenters. The van der Waals surface area contributed by atoms with Gasteiger partial charge in [-0.2, -0.15) is 0 Å². The van der Waals surface area contributed by atoms with Crippen molar-refractivity contribution < 1.29 is 29.4 Å². The van der Waals surface area contributed by atoms with Gasteiger partial charge in [-0.1, -0.05) is 18.2 Å². The number of allylic oxidation sites excluding steroid dienone is 2. The molecule has 2 heterocycles. The maximum Gasteiger partial charge on any atom is 0.325 e. The summed E-state index contributed by atoms with van der Waals surface area (Å²) in [6.07, 6.45) is 7.05. The number of nitrogens with one attached hydrogen (secondary N) is 2. The van der Waals surface area contributed by atoms with Crippen molar-refractivity contribution in [2.24, 2.45) is 17.6 Å². The molecular weight excluding hydrogens is 428 g/mol. The van der Waals surface area contributed by atoms with Gasteiger partial charge in [0.2, 0.25) is 11.8 Å². The second-order valence-corrected chi connectivity index (χ2v) is 8.53. The third kappa shape index (κ3) is 4.34. The van der Waals surface area contributed by atoms with Crippen LogP contribution in [0.25, 0.3) is 10.9 Å². The number of carbonyl (C=O) groups is 4. The average Bonchev–Trinajstić information content (AvgIpc) is 3.41. The molecular formula is C23H26N4O6. The van der Waals surface area contributed by atoms with E-state index in [1.807, 2.05) is 6.08 Å². The van der Waals surface area contributed by atoms with Crippen LogP contribution in [0, 0.1) is 11.8 Å². The lowest BCUT2D eigenvalue weighted by Gasteiger charge is -2.28. The van der Waals surface area contributed by atoms with Crippen molar-refractivity contribution in [3.8, 4) is 0 Å². The summed E-state index contributed by atoms with van der Waals surface area (Å²) in [5.74, 6) is -4.43. The van der Waals surface area contributed by atoms with Gasteiger partial charge in [-0.3, -0.25) is 24.1 Å². The van der Waals surface area contributed by atoms with E-state index >= 15 is 0 Å². The maximum absolute atomic E-state index is 12.7. The molecule has 2 aromatic rings. The molecule has 3 unspecified atom stereocenters. The van der Waals surface area contributed by atoms with Gasteiger partial charge in [-0.15, -0.1) is 0 Å². The SMILES string of the molecule is NC(=O)[C@@H]1CCCN1C(C(=O)O)c1c[nH]c2cc(NC(=O)C3CC=CCC3C(=O)O)ccc12. The number of likely N-dealkylation sites (tertiary alicyclic amines) is 1. The van der Waals surface area contributed by atoms with Crippen LogP contribution < -0.4 is 11.1 Å². The molecule has 2 amide bonds. The number of aliphatic carboxylic acids is 2. The van der Waals surface area contributed by atoms with Gasteiger partial charge in [-0.25, -0.2) is 0 Å². The Morgan fingerprint density at radius 3 is 2.52 bits per heavy atom. The Balaban J connectivity index is 1.58. The van der Waals surface area contributed by atoms with Crippen molar-refractivity contribution in [3.63, 3.8) is 0 Å². The molecule has 0 spiro atoms. The smallest absolute Gasteiger partial charge is 0.325 e. The van der Waals surface area contributed by atoms with Crippen LogP contribution in [-0.2, 0) is 19.2 Å². The van der Waals surface area contributed by atoms with Gasteiger partial charge in [0.15, 0.2) is 0 Å². The summed E-state index contributed by atoms with van der Waals surface area (Å²) >= 11 is 0. The van der Waals surface area contributed by atoms with Gasteiger partial charge in [0.1, 0.15) is 6.04 Å². The third-order valence-electron chi connectivity index (χ3n) is 6.55. The van der Waals surface area contributed by atoms with E-state index < -0.39 is 41.8 Å². The molecule has 174 valence electrons. The number of benzene rings is 1. The van der Waals surface area contributed by atoms with E-state index in [4.69, 9.17) is 5.73 Å². The lowest BCUT2D eigenvalue weighted by atomic mass is 9.82. The summed E-state index contributed by atoms with van der Waals surface area (Å²) in [6, 6.07) is 3.36. The Hall–Kier alpha value is -3.66. The molecule has 2 aliphatic rings. The highest BCUT2D eigenvalue weighted by Gasteiger charge is 2.39. The van der Waals surface area contributed by atoms with Crippen LogP contribution in [0.1, 0.15) is 37.3 Å². The molecule has 1 fully saturated rings. The summed E-state index contributed by atoms with van der Waals surface area (Å²) in [6.45, 7) is 0.450. The first-order valence-electron chi connectivity index (χ1n) is 10.9. The molecule has 1 aliphatic heterocycles. The fourth-order valence-electron chi connectivity index (χ4n) is 4.92. The molecule has 1 aliphatic carbocycles. The first kappa shape index (κ1) is 22.5. The monoisotopic (exact) mass is 454 g/mol. The largest absolute Gasteiger partial charge is 0.481 e. The molecule has 1 saturated heterocycles. The predicted molar refractivity (Wildman–Crippen MR) is 119 cm³/mol. The van der Waals surface area contributed by atoms with Gasteiger partial charge < -0.3 is 26.2 Å². The van der Waals surface area contributed by atoms with E-state index in [9.17, 15) is 29.4 Å². The van der Waals surface area contributed by atoms with Gasteiger partial charge in [0, 0.05) is 34.9 Å². The number of H-pyrrole nitrogens is 1. The topological polar surface area (TPSA) is 166 Å². The Bertz CT molecular complexity index is 1140. The van der Waals surface area contributed by atoms with E-state index in [-0.39, 0.29) is 5.91 Å². The van der Waals surface area contributed by atoms with E-state index in [0.717, 1.165) is 0 Å². The van der Waals surface area contributed by atoms with Crippen molar-refractivity contribution in [2.75, 3.05) is 11.9 Å². The van der Waals surface area contributed by atoms with Crippen LogP contribution in [0.4, 0.5) is 5.69 Å². The van der Waals surface area contributed by atoms with Crippen molar-refractivity contribution in [1.29, 1.82) is 0 Å². The van der Waals surface area contributed by atoms with Crippen molar-refractivity contribution >= 4 is 40.3 Å². The number of hydrogen-bond donors (Lipinski definition) is 5. The Morgan fingerprint density at radius 2 is 1.85 bits per heavy atom. The van der Waals surface area contributed by atoms with Crippen LogP contribution in [0.2, 0.25) is 0 Å². The molecule has 10 nitrogen and oxygen atoms in total. The van der Waals surface area contributed by atoms with E-state index in [1.165, 1.54) is 0 Å². The molecule has 0 radical (unpaired) electrons. The Kier molecular flexibility index (Phi) is 6.19. The molecule has 1 aromatic carbocycles. The number of amides is 2. The van der Waals surface area contributed by atoms with Crippen molar-refractivity contribution in [3.05, 3.63) is 42.1 Å². The number of primary amides is 1. The molecule has 4 rings (SSSR count). The van der Waals surface area contributed by atoms with E-state index in [1.54, 1.807) is 35.4 Å². The zero-order valence-corrected chi connectivity index (χ0v) is 17.9. The highest BCUT2D eigenvalue weighted by molar-refractivity contribution is 5.98. The fourth-order valence-corrected chi connectivity index (χ4v) is 4.92. The van der Waals surface area contributed by atoms with Gasteiger partial charge in [0.25, 0.3) is 0 Å². The van der Waals surface area contributed by atoms with Crippen LogP contribution in [0.5, 0.6) is 0 Å². The number of carboxylic acid groups (broad SMARTS) is 2. The predicted octanol–water partition coefficient (Wildman–Crippen LogP) is 1.85. The molecule has 1 aromatic heterocycles. The normalized spacial score (nSPS) is 23.9. The minimum atomic E-state index is -1.08. The first-order valence-corrected chi connectivity index (χ1v) is 10.9. The van der Waals surface area contributed by atoms with Gasteiger partial charge in [0.05, 0.1) is 17.9 Å². The molecule has 0 saturated carbocycles. The molecule has 6 N–H and O–H groups in total. The summed E-state index contributed by atoms with van der Waals surface area (Å²) < 4.78 is 0. The number of nitrogens with two attached hydrogens (primary N) is 1. The summed E-state index contributed by atoms with van der Waals surface area (Å²) in [5, 5.41) is 22.8. The van der Waals surface area contributed by atoms with Crippen LogP contribution in [0.3, 0.4) is 0 Å². The van der Waals surface area contributed by atoms with Crippen LogP contribution >= 0.6 is 0 Å². The van der Waals surface area contributed by atoms with Gasteiger partial charge >= 0.3 is 11.9 Å². The number of aromatic nitrogens is 1. The number of nitrogens with zero attached hydrogens (tertiary/aromatic N) is 1. The third-order valence-corrected chi connectivity index (χ3v) is 6.55. The zero-order chi connectivity index (χ0) is 23.7. The Morgan fingerprint density at radius 1 is 1.12 bits per heavy atom. The lowest BCUT2D eigenvalue weighted by Crippen LogP contribution is -2.44. The fraction of sp³-hybridized carbons (Fsp3) is 0.391. The summed E-state index contributed by atoms with van der Waals surface area (Å²) in [4.78, 5) is 52.9. The van der Waals surface area contributed by atoms with Crippen molar-refractivity contribution in [2.45, 2.75) is 37.8 Å². The van der Waals surface area contributed by atoms with E-state index in [2.05, 4.69) is 10.3 Å². The minimum Gasteiger partial charge on any atom is -0.481 e. The van der Waals surface area contributed by atoms with Crippen molar-refractivity contribution in [1.82, 2.24) is 9.88 Å². The second kappa shape index (κ2) is 9.07. The maximum atomic E-state index is 12.7. The lowest BCUT2D eigenvalue weighted by molar-refractivity contribution is -0.146. The van der Waals surface area contributed by atoms with Crippen LogP contribution in [-0.4, -0.2) is 56.4 Å². The minimum absolute atomic E-state index is 0.311. The number of carboxylic acids is 2. The highest BCUT2D eigenvalue weighted by atomic mass is 16.4. The molecule has 33 heavy (non-hydrogen) atoms. The zero-order valence-electron chi connectivity index (χ0n) is 17.9. The number of rotatable bonds is 7.